The molecule has 8 N–H and O–H groups in total. The largest absolute Gasteiger partial charge is 0.480 e. The van der Waals surface area contributed by atoms with Gasteiger partial charge in [-0.15, -0.1) is 0 Å². The molecule has 1 aromatic heterocycles. The van der Waals surface area contributed by atoms with Crippen molar-refractivity contribution >= 4 is 35.5 Å². The van der Waals surface area contributed by atoms with Crippen molar-refractivity contribution in [2.24, 2.45) is 5.73 Å². The molecule has 0 aromatic carbocycles. The van der Waals surface area contributed by atoms with Crippen LogP contribution >= 0.6 is 11.8 Å². The molecule has 4 unspecified atom stereocenters. The lowest BCUT2D eigenvalue weighted by Gasteiger charge is -2.23. The van der Waals surface area contributed by atoms with Crippen molar-refractivity contribution in [1.29, 1.82) is 0 Å². The van der Waals surface area contributed by atoms with Crippen LogP contribution in [0.5, 0.6) is 0 Å². The molecule has 0 aliphatic heterocycles. The van der Waals surface area contributed by atoms with E-state index in [1.54, 1.807) is 0 Å². The average molecular weight is 445 g/mol. The van der Waals surface area contributed by atoms with Gasteiger partial charge in [0, 0.05) is 18.3 Å². The smallest absolute Gasteiger partial charge is 0.326 e. The lowest BCUT2D eigenvalue weighted by molar-refractivity contribution is -0.142. The van der Waals surface area contributed by atoms with Crippen LogP contribution in [0.1, 0.15) is 19.0 Å². The van der Waals surface area contributed by atoms with E-state index in [1.165, 1.54) is 31.2 Å². The second kappa shape index (κ2) is 12.8. The van der Waals surface area contributed by atoms with Crippen molar-refractivity contribution in [1.82, 2.24) is 25.9 Å². The fourth-order valence-corrected chi connectivity index (χ4v) is 2.83. The van der Waals surface area contributed by atoms with E-state index in [0.717, 1.165) is 0 Å². The summed E-state index contributed by atoms with van der Waals surface area (Å²) in [5, 5.41) is 25.6. The van der Waals surface area contributed by atoms with Gasteiger partial charge in [-0.1, -0.05) is 0 Å². The summed E-state index contributed by atoms with van der Waals surface area (Å²) in [5.41, 5.74) is 5.93. The van der Waals surface area contributed by atoms with E-state index in [9.17, 15) is 24.3 Å². The standard InChI is InChI=1S/C17H28N6O6S/c1-9(21-15(26)11(18)7-24)14(25)22-12(3-4-30-2)16(27)23-13(17(28)29)5-10-6-19-8-20-10/h6,8-9,11-13,24H,3-5,7,18H2,1-2H3,(H,19,20)(H,21,26)(H,22,25)(H,23,27)(H,28,29). The predicted octanol–water partition coefficient (Wildman–Crippen LogP) is -2.42. The number of imidazole rings is 1. The van der Waals surface area contributed by atoms with Crippen LogP contribution < -0.4 is 21.7 Å². The Hall–Kier alpha value is -2.64. The highest BCUT2D eigenvalue weighted by Crippen LogP contribution is 2.05. The number of hydrogen-bond acceptors (Lipinski definition) is 8. The van der Waals surface area contributed by atoms with E-state index in [-0.39, 0.29) is 12.8 Å². The normalized spacial score (nSPS) is 14.8. The van der Waals surface area contributed by atoms with Crippen LogP contribution in [0.15, 0.2) is 12.5 Å². The Labute approximate surface area is 177 Å². The van der Waals surface area contributed by atoms with Gasteiger partial charge in [-0.2, -0.15) is 11.8 Å². The quantitative estimate of drug-likeness (QED) is 0.173. The van der Waals surface area contributed by atoms with E-state index in [1.807, 2.05) is 6.26 Å². The number of aromatic amines is 1. The number of amides is 3. The van der Waals surface area contributed by atoms with E-state index in [0.29, 0.717) is 11.4 Å². The fourth-order valence-electron chi connectivity index (χ4n) is 2.36. The van der Waals surface area contributed by atoms with Crippen molar-refractivity contribution in [2.45, 2.75) is 43.9 Å². The van der Waals surface area contributed by atoms with Crippen LogP contribution in [-0.4, -0.2) is 86.7 Å². The van der Waals surface area contributed by atoms with Gasteiger partial charge in [-0.05, 0) is 25.4 Å². The zero-order chi connectivity index (χ0) is 22.7. The zero-order valence-electron chi connectivity index (χ0n) is 16.8. The number of aliphatic carboxylic acids is 1. The Bertz CT molecular complexity index is 716. The van der Waals surface area contributed by atoms with Gasteiger partial charge < -0.3 is 36.9 Å². The number of hydrogen-bond donors (Lipinski definition) is 7. The first kappa shape index (κ1) is 25.4. The highest BCUT2D eigenvalue weighted by Gasteiger charge is 2.28. The van der Waals surface area contributed by atoms with Gasteiger partial charge >= 0.3 is 5.97 Å². The molecule has 1 aromatic rings. The summed E-state index contributed by atoms with van der Waals surface area (Å²) in [6, 6.07) is -4.40. The SMILES string of the molecule is CSCCC(NC(=O)C(C)NC(=O)C(N)CO)C(=O)NC(Cc1cnc[nH]1)C(=O)O. The molecule has 0 spiro atoms. The third kappa shape index (κ3) is 8.39. The lowest BCUT2D eigenvalue weighted by Crippen LogP contribution is -2.57. The molecule has 13 heteroatoms. The second-order valence-electron chi connectivity index (χ2n) is 6.54. The first-order valence-corrected chi connectivity index (χ1v) is 10.6. The number of carboxylic acid groups (broad SMARTS) is 1. The Kier molecular flexibility index (Phi) is 10.9. The van der Waals surface area contributed by atoms with Gasteiger partial charge in [0.2, 0.25) is 17.7 Å². The molecule has 12 nitrogen and oxygen atoms in total. The summed E-state index contributed by atoms with van der Waals surface area (Å²) in [5.74, 6) is -2.71. The molecule has 4 atom stereocenters. The summed E-state index contributed by atoms with van der Waals surface area (Å²) in [6.45, 7) is 0.824. The number of H-pyrrole nitrogens is 1. The number of nitrogens with zero attached hydrogens (tertiary/aromatic N) is 1. The highest BCUT2D eigenvalue weighted by atomic mass is 32.2. The summed E-state index contributed by atoms with van der Waals surface area (Å²) in [4.78, 5) is 54.9. The molecule has 30 heavy (non-hydrogen) atoms. The maximum Gasteiger partial charge on any atom is 0.326 e. The number of carbonyl (C=O) groups is 4. The van der Waals surface area contributed by atoms with Gasteiger partial charge in [-0.25, -0.2) is 9.78 Å². The minimum atomic E-state index is -1.23. The van der Waals surface area contributed by atoms with Gasteiger partial charge in [0.05, 0.1) is 12.9 Å². The molecule has 0 aliphatic carbocycles. The van der Waals surface area contributed by atoms with Crippen LogP contribution in [0.3, 0.4) is 0 Å². The monoisotopic (exact) mass is 444 g/mol. The minimum absolute atomic E-state index is 0.00419. The molecule has 3 amide bonds. The average Bonchev–Trinajstić information content (AvgIpc) is 3.22. The Morgan fingerprint density at radius 2 is 1.83 bits per heavy atom. The molecule has 168 valence electrons. The number of nitrogens with one attached hydrogen (secondary N) is 4. The Balaban J connectivity index is 2.78. The topological polar surface area (TPSA) is 200 Å². The molecular formula is C17H28N6O6S. The Morgan fingerprint density at radius 1 is 1.17 bits per heavy atom. The number of aliphatic hydroxyl groups excluding tert-OH is 1. The van der Waals surface area contributed by atoms with Crippen molar-refractivity contribution in [3.05, 3.63) is 18.2 Å². The third-order valence-electron chi connectivity index (χ3n) is 4.12. The van der Waals surface area contributed by atoms with Gasteiger partial charge in [0.1, 0.15) is 24.2 Å². The van der Waals surface area contributed by atoms with Crippen molar-refractivity contribution in [3.63, 3.8) is 0 Å². The second-order valence-corrected chi connectivity index (χ2v) is 7.53. The fraction of sp³-hybridized carbons (Fsp3) is 0.588. The molecule has 1 heterocycles. The minimum Gasteiger partial charge on any atom is -0.480 e. The van der Waals surface area contributed by atoms with E-state index in [2.05, 4.69) is 25.9 Å². The first-order chi connectivity index (χ1) is 14.2. The number of carbonyl (C=O) groups excluding carboxylic acids is 3. The van der Waals surface area contributed by atoms with Crippen molar-refractivity contribution < 1.29 is 29.4 Å². The number of nitrogens with two attached hydrogens (primary N) is 1. The molecule has 1 rings (SSSR count). The number of aromatic nitrogens is 2. The first-order valence-electron chi connectivity index (χ1n) is 9.16. The molecule has 0 saturated carbocycles. The van der Waals surface area contributed by atoms with Gasteiger partial charge in [0.15, 0.2) is 0 Å². The van der Waals surface area contributed by atoms with Crippen molar-refractivity contribution in [3.8, 4) is 0 Å². The zero-order valence-corrected chi connectivity index (χ0v) is 17.6. The van der Waals surface area contributed by atoms with Crippen molar-refractivity contribution in [2.75, 3.05) is 18.6 Å². The maximum atomic E-state index is 12.7. The molecular weight excluding hydrogens is 416 g/mol. The number of aliphatic hydroxyl groups is 1. The number of thioether (sulfide) groups is 1. The number of rotatable bonds is 13. The molecule has 0 saturated heterocycles. The number of carboxylic acids is 1. The molecule has 0 aliphatic rings. The van der Waals surface area contributed by atoms with Crippen LogP contribution in [0.4, 0.5) is 0 Å². The van der Waals surface area contributed by atoms with Gasteiger partial charge in [0.25, 0.3) is 0 Å². The van der Waals surface area contributed by atoms with Crippen LogP contribution in [0.2, 0.25) is 0 Å². The van der Waals surface area contributed by atoms with E-state index in [4.69, 9.17) is 10.8 Å². The summed E-state index contributed by atoms with van der Waals surface area (Å²) in [6.07, 6.45) is 4.93. The van der Waals surface area contributed by atoms with Crippen LogP contribution in [0, 0.1) is 0 Å². The Morgan fingerprint density at radius 3 is 2.37 bits per heavy atom. The predicted molar refractivity (Wildman–Crippen MR) is 109 cm³/mol. The molecule has 0 fully saturated rings. The van der Waals surface area contributed by atoms with Gasteiger partial charge in [-0.3, -0.25) is 14.4 Å². The van der Waals surface area contributed by atoms with Crippen LogP contribution in [-0.2, 0) is 25.6 Å². The summed E-state index contributed by atoms with van der Waals surface area (Å²) in [7, 11) is 0. The summed E-state index contributed by atoms with van der Waals surface area (Å²) < 4.78 is 0. The van der Waals surface area contributed by atoms with Crippen LogP contribution in [0.25, 0.3) is 0 Å². The summed E-state index contributed by atoms with van der Waals surface area (Å²) >= 11 is 1.45. The molecule has 0 bridgehead atoms. The molecule has 0 radical (unpaired) electrons. The van der Waals surface area contributed by atoms with E-state index < -0.39 is 54.5 Å². The third-order valence-corrected chi connectivity index (χ3v) is 4.77. The highest BCUT2D eigenvalue weighted by molar-refractivity contribution is 7.98. The van der Waals surface area contributed by atoms with E-state index >= 15 is 0 Å². The lowest BCUT2D eigenvalue weighted by atomic mass is 10.1. The maximum absolute atomic E-state index is 12.7.